The van der Waals surface area contributed by atoms with E-state index in [4.69, 9.17) is 4.98 Å². The van der Waals surface area contributed by atoms with Gasteiger partial charge in [-0.15, -0.1) is 0 Å². The molecule has 4 aromatic rings. The Morgan fingerprint density at radius 1 is 0.806 bits per heavy atom. The van der Waals surface area contributed by atoms with Gasteiger partial charge in [-0.3, -0.25) is 9.97 Å². The maximum Gasteiger partial charge on any atom is 0.180 e. The van der Waals surface area contributed by atoms with Gasteiger partial charge in [0.15, 0.2) is 5.82 Å². The molecule has 0 radical (unpaired) electrons. The summed E-state index contributed by atoms with van der Waals surface area (Å²) in [5, 5.41) is 3.13. The number of rotatable bonds is 5. The molecule has 154 valence electrons. The van der Waals surface area contributed by atoms with E-state index >= 15 is 0 Å². The monoisotopic (exact) mass is 408 g/mol. The zero-order chi connectivity index (χ0) is 21.0. The lowest BCUT2D eigenvalue weighted by molar-refractivity contribution is 0.949. The van der Waals surface area contributed by atoms with Crippen LogP contribution in [0, 0.1) is 0 Å². The van der Waals surface area contributed by atoms with Gasteiger partial charge in [0.1, 0.15) is 11.5 Å². The predicted octanol–water partition coefficient (Wildman–Crippen LogP) is 4.91. The van der Waals surface area contributed by atoms with Crippen LogP contribution in [0.4, 0.5) is 11.5 Å². The molecule has 0 amide bonds. The second-order valence-electron chi connectivity index (χ2n) is 7.63. The lowest BCUT2D eigenvalue weighted by Crippen LogP contribution is -2.17. The zero-order valence-electron chi connectivity index (χ0n) is 17.5. The largest absolute Gasteiger partial charge is 0.373 e. The van der Waals surface area contributed by atoms with Crippen LogP contribution in [-0.2, 0) is 0 Å². The summed E-state index contributed by atoms with van der Waals surface area (Å²) in [6, 6.07) is 18.5. The fourth-order valence-electron chi connectivity index (χ4n) is 3.93. The smallest absolute Gasteiger partial charge is 0.180 e. The first-order valence-corrected chi connectivity index (χ1v) is 10.6. The molecule has 5 rings (SSSR count). The molecule has 1 aliphatic heterocycles. The van der Waals surface area contributed by atoms with Crippen molar-refractivity contribution < 1.29 is 0 Å². The van der Waals surface area contributed by atoms with E-state index in [1.807, 2.05) is 43.7 Å². The summed E-state index contributed by atoms with van der Waals surface area (Å²) in [7, 11) is 1.85. The van der Waals surface area contributed by atoms with Crippen molar-refractivity contribution in [3.8, 4) is 33.9 Å². The highest BCUT2D eigenvalue weighted by Crippen LogP contribution is 2.30. The number of hydrogen-bond acceptors (Lipinski definition) is 6. The van der Waals surface area contributed by atoms with E-state index in [1.165, 1.54) is 18.5 Å². The zero-order valence-corrected chi connectivity index (χ0v) is 17.5. The number of benzene rings is 1. The Morgan fingerprint density at radius 3 is 2.48 bits per heavy atom. The molecule has 0 aliphatic carbocycles. The van der Waals surface area contributed by atoms with Gasteiger partial charge in [-0.1, -0.05) is 18.2 Å². The second kappa shape index (κ2) is 8.52. The summed E-state index contributed by atoms with van der Waals surface area (Å²) >= 11 is 0. The SMILES string of the molecule is CNc1cc(-c2cncc(-c3cccc(N4CCCC4)c3)c2)nc(-c2ccccn2)n1. The number of aromatic nitrogens is 4. The molecule has 0 bridgehead atoms. The minimum Gasteiger partial charge on any atom is -0.373 e. The normalized spacial score (nSPS) is 13.4. The summed E-state index contributed by atoms with van der Waals surface area (Å²) in [6.07, 6.45) is 8.03. The van der Waals surface area contributed by atoms with Gasteiger partial charge in [-0.25, -0.2) is 9.97 Å². The molecule has 0 atom stereocenters. The number of nitrogens with zero attached hydrogens (tertiary/aromatic N) is 5. The Kier molecular flexibility index (Phi) is 5.27. The molecule has 0 saturated carbocycles. The van der Waals surface area contributed by atoms with Crippen molar-refractivity contribution in [2.45, 2.75) is 12.8 Å². The predicted molar refractivity (Wildman–Crippen MR) is 125 cm³/mol. The Morgan fingerprint density at radius 2 is 1.68 bits per heavy atom. The van der Waals surface area contributed by atoms with Crippen LogP contribution in [0.15, 0.2) is 73.2 Å². The topological polar surface area (TPSA) is 66.8 Å². The fraction of sp³-hybridized carbons (Fsp3) is 0.200. The van der Waals surface area contributed by atoms with Gasteiger partial charge in [-0.05, 0) is 48.7 Å². The minimum atomic E-state index is 0.587. The van der Waals surface area contributed by atoms with Crippen LogP contribution in [0.3, 0.4) is 0 Å². The minimum absolute atomic E-state index is 0.587. The molecule has 0 spiro atoms. The van der Waals surface area contributed by atoms with Crippen LogP contribution in [0.25, 0.3) is 33.9 Å². The molecule has 6 nitrogen and oxygen atoms in total. The van der Waals surface area contributed by atoms with Crippen molar-refractivity contribution in [2.75, 3.05) is 30.4 Å². The molecule has 1 saturated heterocycles. The molecule has 1 aliphatic rings. The molecule has 4 heterocycles. The van der Waals surface area contributed by atoms with Crippen LogP contribution < -0.4 is 10.2 Å². The molecule has 6 heteroatoms. The first kappa shape index (κ1) is 19.2. The third kappa shape index (κ3) is 4.10. The van der Waals surface area contributed by atoms with Crippen LogP contribution >= 0.6 is 0 Å². The van der Waals surface area contributed by atoms with Gasteiger partial charge in [-0.2, -0.15) is 0 Å². The highest BCUT2D eigenvalue weighted by Gasteiger charge is 2.14. The molecule has 31 heavy (non-hydrogen) atoms. The van der Waals surface area contributed by atoms with Gasteiger partial charge in [0.25, 0.3) is 0 Å². The van der Waals surface area contributed by atoms with Crippen LogP contribution in [0.5, 0.6) is 0 Å². The lowest BCUT2D eigenvalue weighted by atomic mass is 10.0. The summed E-state index contributed by atoms with van der Waals surface area (Å²) in [4.78, 5) is 20.7. The Labute approximate surface area is 182 Å². The summed E-state index contributed by atoms with van der Waals surface area (Å²) < 4.78 is 0. The van der Waals surface area contributed by atoms with Crippen molar-refractivity contribution in [1.82, 2.24) is 19.9 Å². The standard InChI is InChI=1S/C25H24N6/c1-26-24-15-23(29-25(30-24)22-9-2-3-10-28-22)20-13-19(16-27-17-20)18-7-6-8-21(14-18)31-11-4-5-12-31/h2-3,6-10,13-17H,4-5,11-12H2,1H3,(H,26,29,30). The fourth-order valence-corrected chi connectivity index (χ4v) is 3.93. The second-order valence-corrected chi connectivity index (χ2v) is 7.63. The van der Waals surface area contributed by atoms with E-state index in [-0.39, 0.29) is 0 Å². The molecule has 1 N–H and O–H groups in total. The Hall–Kier alpha value is -3.80. The van der Waals surface area contributed by atoms with Crippen molar-refractivity contribution in [2.24, 2.45) is 0 Å². The maximum absolute atomic E-state index is 4.78. The van der Waals surface area contributed by atoms with E-state index in [2.05, 4.69) is 55.5 Å². The highest BCUT2D eigenvalue weighted by atomic mass is 15.1. The summed E-state index contributed by atoms with van der Waals surface area (Å²) in [5.74, 6) is 1.33. The number of hydrogen-bond donors (Lipinski definition) is 1. The quantitative estimate of drug-likeness (QED) is 0.506. The van der Waals surface area contributed by atoms with Crippen LogP contribution in [0.2, 0.25) is 0 Å². The van der Waals surface area contributed by atoms with E-state index in [0.29, 0.717) is 5.82 Å². The summed E-state index contributed by atoms with van der Waals surface area (Å²) in [6.45, 7) is 2.26. The van der Waals surface area contributed by atoms with E-state index in [1.54, 1.807) is 6.20 Å². The summed E-state index contributed by atoms with van der Waals surface area (Å²) in [5.41, 5.74) is 6.00. The van der Waals surface area contributed by atoms with Crippen molar-refractivity contribution in [3.63, 3.8) is 0 Å². The molecule has 3 aromatic heterocycles. The van der Waals surface area contributed by atoms with Crippen molar-refractivity contribution in [1.29, 1.82) is 0 Å². The van der Waals surface area contributed by atoms with Gasteiger partial charge in [0, 0.05) is 61.6 Å². The number of pyridine rings is 2. The van der Waals surface area contributed by atoms with Crippen LogP contribution in [0.1, 0.15) is 12.8 Å². The van der Waals surface area contributed by atoms with E-state index < -0.39 is 0 Å². The Bertz CT molecular complexity index is 1190. The first-order chi connectivity index (χ1) is 15.3. The van der Waals surface area contributed by atoms with Crippen molar-refractivity contribution >= 4 is 11.5 Å². The average molecular weight is 409 g/mol. The van der Waals surface area contributed by atoms with E-state index in [9.17, 15) is 0 Å². The average Bonchev–Trinajstić information content (AvgIpc) is 3.40. The number of nitrogens with one attached hydrogen (secondary N) is 1. The van der Waals surface area contributed by atoms with Gasteiger partial charge >= 0.3 is 0 Å². The highest BCUT2D eigenvalue weighted by molar-refractivity contribution is 5.74. The third-order valence-corrected chi connectivity index (χ3v) is 5.56. The molecule has 0 unspecified atom stereocenters. The van der Waals surface area contributed by atoms with Gasteiger partial charge < -0.3 is 10.2 Å². The number of anilines is 2. The molecular formula is C25H24N6. The lowest BCUT2D eigenvalue weighted by Gasteiger charge is -2.18. The first-order valence-electron chi connectivity index (χ1n) is 10.6. The third-order valence-electron chi connectivity index (χ3n) is 5.56. The van der Waals surface area contributed by atoms with Crippen molar-refractivity contribution in [3.05, 3.63) is 73.2 Å². The Balaban J connectivity index is 1.53. The molecule has 1 aromatic carbocycles. The van der Waals surface area contributed by atoms with Gasteiger partial charge in [0.05, 0.1) is 5.69 Å². The van der Waals surface area contributed by atoms with Gasteiger partial charge in [0.2, 0.25) is 0 Å². The maximum atomic E-state index is 4.78. The van der Waals surface area contributed by atoms with E-state index in [0.717, 1.165) is 47.0 Å². The van der Waals surface area contributed by atoms with Crippen LogP contribution in [-0.4, -0.2) is 40.1 Å². The molecule has 1 fully saturated rings. The molecular weight excluding hydrogens is 384 g/mol.